The van der Waals surface area contributed by atoms with Crippen molar-refractivity contribution in [2.75, 3.05) is 0 Å². The fraction of sp³-hybridized carbons (Fsp3) is 0.529. The van der Waals surface area contributed by atoms with Gasteiger partial charge in [0.1, 0.15) is 0 Å². The van der Waals surface area contributed by atoms with Gasteiger partial charge in [-0.15, -0.1) is 0 Å². The molecule has 3 heteroatoms. The summed E-state index contributed by atoms with van der Waals surface area (Å²) in [5.74, 6) is 0. The van der Waals surface area contributed by atoms with Gasteiger partial charge in [0.05, 0.1) is 16.1 Å². The van der Waals surface area contributed by atoms with Gasteiger partial charge < -0.3 is 5.11 Å². The van der Waals surface area contributed by atoms with Crippen LogP contribution in [0.1, 0.15) is 58.1 Å². The Balaban J connectivity index is 2.22. The monoisotopic (exact) mass is 312 g/mol. The molecule has 0 aromatic heterocycles. The molecule has 0 radical (unpaired) electrons. The maximum atomic E-state index is 10.5. The van der Waals surface area contributed by atoms with Gasteiger partial charge in [-0.3, -0.25) is 0 Å². The van der Waals surface area contributed by atoms with Crippen LogP contribution < -0.4 is 0 Å². The zero-order valence-corrected chi connectivity index (χ0v) is 13.9. The SMILES string of the molecule is CC1=C(CC(O)c2ccc(Cl)c(Cl)c2)C(C)(C)CCC1. The second-order valence-electron chi connectivity index (χ2n) is 6.39. The Labute approximate surface area is 131 Å². The van der Waals surface area contributed by atoms with E-state index in [-0.39, 0.29) is 5.41 Å². The third-order valence-electron chi connectivity index (χ3n) is 4.41. The highest BCUT2D eigenvalue weighted by atomic mass is 35.5. The minimum Gasteiger partial charge on any atom is -0.388 e. The highest BCUT2D eigenvalue weighted by Gasteiger charge is 2.29. The fourth-order valence-corrected chi connectivity index (χ4v) is 3.46. The Morgan fingerprint density at radius 3 is 2.55 bits per heavy atom. The van der Waals surface area contributed by atoms with Crippen molar-refractivity contribution >= 4 is 23.2 Å². The largest absolute Gasteiger partial charge is 0.388 e. The van der Waals surface area contributed by atoms with Gasteiger partial charge >= 0.3 is 0 Å². The van der Waals surface area contributed by atoms with E-state index in [1.165, 1.54) is 24.0 Å². The summed E-state index contributed by atoms with van der Waals surface area (Å²) in [5.41, 5.74) is 3.84. The van der Waals surface area contributed by atoms with Crippen LogP contribution in [0.5, 0.6) is 0 Å². The molecule has 20 heavy (non-hydrogen) atoms. The van der Waals surface area contributed by atoms with Crippen molar-refractivity contribution in [1.29, 1.82) is 0 Å². The van der Waals surface area contributed by atoms with E-state index < -0.39 is 6.10 Å². The summed E-state index contributed by atoms with van der Waals surface area (Å²) in [4.78, 5) is 0. The molecule has 1 unspecified atom stereocenters. The molecule has 1 aliphatic rings. The average molecular weight is 313 g/mol. The van der Waals surface area contributed by atoms with Gasteiger partial charge in [0.2, 0.25) is 0 Å². The minimum absolute atomic E-state index is 0.180. The lowest BCUT2D eigenvalue weighted by Gasteiger charge is -2.35. The fourth-order valence-electron chi connectivity index (χ4n) is 3.16. The molecule has 0 heterocycles. The van der Waals surface area contributed by atoms with Crippen LogP contribution in [0.4, 0.5) is 0 Å². The van der Waals surface area contributed by atoms with E-state index in [1.807, 2.05) is 6.07 Å². The highest BCUT2D eigenvalue weighted by Crippen LogP contribution is 2.44. The number of hydrogen-bond donors (Lipinski definition) is 1. The van der Waals surface area contributed by atoms with Gasteiger partial charge in [-0.25, -0.2) is 0 Å². The molecule has 0 saturated carbocycles. The Morgan fingerprint density at radius 1 is 1.25 bits per heavy atom. The maximum Gasteiger partial charge on any atom is 0.0827 e. The quantitative estimate of drug-likeness (QED) is 0.684. The van der Waals surface area contributed by atoms with Crippen LogP contribution in [-0.4, -0.2) is 5.11 Å². The standard InChI is InChI=1S/C17H22Cl2O/c1-11-5-4-8-17(2,3)13(11)10-16(20)12-6-7-14(18)15(19)9-12/h6-7,9,16,20H,4-5,8,10H2,1-3H3. The van der Waals surface area contributed by atoms with E-state index >= 15 is 0 Å². The number of allylic oxidation sites excluding steroid dienone is 1. The van der Waals surface area contributed by atoms with Crippen molar-refractivity contribution < 1.29 is 5.11 Å². The first-order chi connectivity index (χ1) is 9.31. The molecule has 1 aromatic carbocycles. The molecule has 0 bridgehead atoms. The molecule has 0 fully saturated rings. The van der Waals surface area contributed by atoms with Crippen LogP contribution in [0.2, 0.25) is 10.0 Å². The molecule has 1 N–H and O–H groups in total. The normalized spacial score (nSPS) is 20.1. The van der Waals surface area contributed by atoms with E-state index in [2.05, 4.69) is 20.8 Å². The number of benzene rings is 1. The van der Waals surface area contributed by atoms with E-state index in [0.717, 1.165) is 12.0 Å². The predicted octanol–water partition coefficient (Wildman–Crippen LogP) is 5.94. The number of halogens is 2. The Morgan fingerprint density at radius 2 is 1.95 bits per heavy atom. The van der Waals surface area contributed by atoms with Crippen LogP contribution >= 0.6 is 23.2 Å². The summed E-state index contributed by atoms with van der Waals surface area (Å²) < 4.78 is 0. The molecule has 1 aromatic rings. The van der Waals surface area contributed by atoms with Gasteiger partial charge in [0, 0.05) is 0 Å². The van der Waals surface area contributed by atoms with Crippen molar-refractivity contribution in [1.82, 2.24) is 0 Å². The molecule has 1 nitrogen and oxygen atoms in total. The number of aliphatic hydroxyl groups excluding tert-OH is 1. The number of hydrogen-bond acceptors (Lipinski definition) is 1. The lowest BCUT2D eigenvalue weighted by molar-refractivity contribution is 0.166. The van der Waals surface area contributed by atoms with Crippen molar-refractivity contribution in [3.63, 3.8) is 0 Å². The molecule has 0 spiro atoms. The zero-order chi connectivity index (χ0) is 14.9. The second-order valence-corrected chi connectivity index (χ2v) is 7.20. The third kappa shape index (κ3) is 3.39. The van der Waals surface area contributed by atoms with E-state index in [0.29, 0.717) is 16.5 Å². The van der Waals surface area contributed by atoms with Gasteiger partial charge in [0.25, 0.3) is 0 Å². The lowest BCUT2D eigenvalue weighted by Crippen LogP contribution is -2.22. The molecule has 1 atom stereocenters. The van der Waals surface area contributed by atoms with Gasteiger partial charge in [0.15, 0.2) is 0 Å². The topological polar surface area (TPSA) is 20.2 Å². The molecule has 0 amide bonds. The Hall–Kier alpha value is -0.500. The maximum absolute atomic E-state index is 10.5. The zero-order valence-electron chi connectivity index (χ0n) is 12.3. The first-order valence-electron chi connectivity index (χ1n) is 7.13. The number of rotatable bonds is 3. The molecular weight excluding hydrogens is 291 g/mol. The molecule has 0 saturated heterocycles. The van der Waals surface area contributed by atoms with E-state index in [1.54, 1.807) is 12.1 Å². The summed E-state index contributed by atoms with van der Waals surface area (Å²) in [6.07, 6.45) is 3.73. The van der Waals surface area contributed by atoms with Crippen molar-refractivity contribution in [2.24, 2.45) is 5.41 Å². The molecule has 110 valence electrons. The lowest BCUT2D eigenvalue weighted by atomic mass is 9.70. The Bertz CT molecular complexity index is 532. The smallest absolute Gasteiger partial charge is 0.0827 e. The first kappa shape index (κ1) is 15.9. The van der Waals surface area contributed by atoms with Crippen molar-refractivity contribution in [2.45, 2.75) is 52.6 Å². The first-order valence-corrected chi connectivity index (χ1v) is 7.89. The summed E-state index contributed by atoms with van der Waals surface area (Å²) in [6, 6.07) is 5.36. The summed E-state index contributed by atoms with van der Waals surface area (Å²) in [7, 11) is 0. The molecule has 1 aliphatic carbocycles. The van der Waals surface area contributed by atoms with Gasteiger partial charge in [-0.2, -0.15) is 0 Å². The van der Waals surface area contributed by atoms with Crippen molar-refractivity contribution in [3.8, 4) is 0 Å². The van der Waals surface area contributed by atoms with Crippen LogP contribution in [0, 0.1) is 5.41 Å². The van der Waals surface area contributed by atoms with Crippen molar-refractivity contribution in [3.05, 3.63) is 45.0 Å². The molecule has 0 aliphatic heterocycles. The van der Waals surface area contributed by atoms with E-state index in [4.69, 9.17) is 23.2 Å². The van der Waals surface area contributed by atoms with Crippen LogP contribution in [0.25, 0.3) is 0 Å². The van der Waals surface area contributed by atoms with E-state index in [9.17, 15) is 5.11 Å². The Kier molecular flexibility index (Phi) is 4.84. The summed E-state index contributed by atoms with van der Waals surface area (Å²) >= 11 is 12.0. The van der Waals surface area contributed by atoms with Crippen LogP contribution in [-0.2, 0) is 0 Å². The third-order valence-corrected chi connectivity index (χ3v) is 5.15. The minimum atomic E-state index is -0.521. The molecular formula is C17H22Cl2O. The second kappa shape index (κ2) is 6.09. The predicted molar refractivity (Wildman–Crippen MR) is 86.4 cm³/mol. The van der Waals surface area contributed by atoms with Gasteiger partial charge in [-0.05, 0) is 55.7 Å². The highest BCUT2D eigenvalue weighted by molar-refractivity contribution is 6.42. The molecule has 2 rings (SSSR count). The van der Waals surface area contributed by atoms with Crippen LogP contribution in [0.3, 0.4) is 0 Å². The average Bonchev–Trinajstić information content (AvgIpc) is 2.37. The van der Waals surface area contributed by atoms with Gasteiger partial charge in [-0.1, -0.05) is 54.3 Å². The summed E-state index contributed by atoms with van der Waals surface area (Å²) in [5, 5.41) is 11.5. The summed E-state index contributed by atoms with van der Waals surface area (Å²) in [6.45, 7) is 6.73. The van der Waals surface area contributed by atoms with Crippen LogP contribution in [0.15, 0.2) is 29.3 Å². The number of aliphatic hydroxyl groups is 1.